The first-order chi connectivity index (χ1) is 6.50. The fourth-order valence-corrected chi connectivity index (χ4v) is 1.22. The number of rotatable bonds is 3. The van der Waals surface area contributed by atoms with Gasteiger partial charge in [-0.1, -0.05) is 0 Å². The van der Waals surface area contributed by atoms with Crippen molar-refractivity contribution in [3.05, 3.63) is 28.8 Å². The van der Waals surface area contributed by atoms with Gasteiger partial charge in [0.05, 0.1) is 5.97 Å². The molecule has 0 aliphatic heterocycles. The lowest BCUT2D eigenvalue weighted by atomic mass is 10.0. The third kappa shape index (κ3) is 2.49. The molecule has 1 aromatic carbocycles. The topological polar surface area (TPSA) is 49.4 Å². The van der Waals surface area contributed by atoms with Crippen molar-refractivity contribution < 1.29 is 14.6 Å². The Labute approximate surface area is 83.3 Å². The summed E-state index contributed by atoms with van der Waals surface area (Å²) < 4.78 is 5.02. The van der Waals surface area contributed by atoms with Crippen molar-refractivity contribution in [3.8, 4) is 5.75 Å². The predicted octanol–water partition coefficient (Wildman–Crippen LogP) is 0.741. The molecule has 0 spiro atoms. The van der Waals surface area contributed by atoms with Crippen LogP contribution >= 0.6 is 0 Å². The highest BCUT2D eigenvalue weighted by Gasteiger charge is 2.01. The lowest BCUT2D eigenvalue weighted by molar-refractivity contribution is -0.307. The highest BCUT2D eigenvalue weighted by atomic mass is 16.5. The molecule has 0 fully saturated rings. The molecule has 3 heteroatoms. The Hall–Kier alpha value is -1.51. The van der Waals surface area contributed by atoms with Crippen molar-refractivity contribution >= 4 is 5.97 Å². The van der Waals surface area contributed by atoms with Crippen molar-refractivity contribution in [1.29, 1.82) is 0 Å². The lowest BCUT2D eigenvalue weighted by Crippen LogP contribution is -2.28. The molecule has 3 nitrogen and oxygen atoms in total. The minimum absolute atomic E-state index is 0.401. The Morgan fingerprint density at radius 1 is 1.29 bits per heavy atom. The number of carboxylic acid groups (broad SMARTS) is 1. The fourth-order valence-electron chi connectivity index (χ4n) is 1.22. The highest BCUT2D eigenvalue weighted by Crippen LogP contribution is 2.20. The van der Waals surface area contributed by atoms with E-state index in [1.807, 2.05) is 32.9 Å². The van der Waals surface area contributed by atoms with Crippen LogP contribution in [0.25, 0.3) is 0 Å². The number of aryl methyl sites for hydroxylation is 2. The third-order valence-electron chi connectivity index (χ3n) is 2.26. The van der Waals surface area contributed by atoms with Gasteiger partial charge in [0, 0.05) is 0 Å². The maximum atomic E-state index is 10.2. The van der Waals surface area contributed by atoms with Gasteiger partial charge in [-0.3, -0.25) is 0 Å². The van der Waals surface area contributed by atoms with Gasteiger partial charge in [0.2, 0.25) is 0 Å². The van der Waals surface area contributed by atoms with Gasteiger partial charge in [-0.25, -0.2) is 0 Å². The molecular weight excluding hydrogens is 180 g/mol. The van der Waals surface area contributed by atoms with E-state index in [9.17, 15) is 9.90 Å². The molecule has 14 heavy (non-hydrogen) atoms. The predicted molar refractivity (Wildman–Crippen MR) is 51.2 cm³/mol. The van der Waals surface area contributed by atoms with Crippen LogP contribution in [0.4, 0.5) is 0 Å². The number of benzene rings is 1. The zero-order chi connectivity index (χ0) is 10.7. The molecule has 0 unspecified atom stereocenters. The van der Waals surface area contributed by atoms with Gasteiger partial charge in [-0.15, -0.1) is 0 Å². The number of carbonyl (C=O) groups is 1. The summed E-state index contributed by atoms with van der Waals surface area (Å²) in [4.78, 5) is 10.2. The van der Waals surface area contributed by atoms with Crippen LogP contribution in [0.5, 0.6) is 5.75 Å². The van der Waals surface area contributed by atoms with Crippen LogP contribution in [0, 0.1) is 20.8 Å². The quantitative estimate of drug-likeness (QED) is 0.711. The Balaban J connectivity index is 2.84. The van der Waals surface area contributed by atoms with Crippen LogP contribution in [0.2, 0.25) is 0 Å². The second kappa shape index (κ2) is 4.13. The molecule has 0 saturated carbocycles. The Kier molecular flexibility index (Phi) is 3.12. The summed E-state index contributed by atoms with van der Waals surface area (Å²) >= 11 is 0. The summed E-state index contributed by atoms with van der Waals surface area (Å²) in [5.41, 5.74) is 3.39. The second-order valence-electron chi connectivity index (χ2n) is 3.34. The fraction of sp³-hybridized carbons (Fsp3) is 0.364. The normalized spacial score (nSPS) is 9.93. The van der Waals surface area contributed by atoms with Crippen molar-refractivity contribution in [2.45, 2.75) is 20.8 Å². The van der Waals surface area contributed by atoms with Gasteiger partial charge in [0.1, 0.15) is 12.4 Å². The van der Waals surface area contributed by atoms with Crippen LogP contribution in [0.15, 0.2) is 12.1 Å². The molecule has 0 saturated heterocycles. The molecular formula is C11H13O3-. The van der Waals surface area contributed by atoms with Gasteiger partial charge in [0.15, 0.2) is 0 Å². The summed E-state index contributed by atoms with van der Waals surface area (Å²) in [6.07, 6.45) is 0. The van der Waals surface area contributed by atoms with E-state index in [4.69, 9.17) is 4.74 Å². The summed E-state index contributed by atoms with van der Waals surface area (Å²) in [7, 11) is 0. The number of ether oxygens (including phenoxy) is 1. The number of aliphatic carboxylic acids is 1. The van der Waals surface area contributed by atoms with E-state index in [1.165, 1.54) is 5.56 Å². The zero-order valence-corrected chi connectivity index (χ0v) is 8.59. The maximum Gasteiger partial charge on any atom is 0.128 e. The molecule has 0 atom stereocenters. The second-order valence-corrected chi connectivity index (χ2v) is 3.34. The molecule has 0 aliphatic rings. The van der Waals surface area contributed by atoms with Crippen LogP contribution in [-0.4, -0.2) is 12.6 Å². The van der Waals surface area contributed by atoms with E-state index in [1.54, 1.807) is 0 Å². The Bertz CT molecular complexity index is 333. The van der Waals surface area contributed by atoms with Crippen LogP contribution in [0.3, 0.4) is 0 Å². The van der Waals surface area contributed by atoms with Gasteiger partial charge >= 0.3 is 0 Å². The molecule has 0 N–H and O–H groups in total. The van der Waals surface area contributed by atoms with E-state index < -0.39 is 12.6 Å². The summed E-state index contributed by atoms with van der Waals surface area (Å²) in [5.74, 6) is -0.629. The van der Waals surface area contributed by atoms with E-state index in [0.29, 0.717) is 5.75 Å². The van der Waals surface area contributed by atoms with E-state index in [0.717, 1.165) is 11.1 Å². The molecule has 0 heterocycles. The van der Waals surface area contributed by atoms with E-state index >= 15 is 0 Å². The largest absolute Gasteiger partial charge is 0.546 e. The molecule has 0 radical (unpaired) electrons. The monoisotopic (exact) mass is 193 g/mol. The molecule has 76 valence electrons. The first-order valence-electron chi connectivity index (χ1n) is 4.41. The zero-order valence-electron chi connectivity index (χ0n) is 8.59. The first-order valence-corrected chi connectivity index (χ1v) is 4.41. The molecule has 0 bridgehead atoms. The van der Waals surface area contributed by atoms with E-state index in [2.05, 4.69) is 0 Å². The van der Waals surface area contributed by atoms with Crippen LogP contribution in [0.1, 0.15) is 16.7 Å². The van der Waals surface area contributed by atoms with Gasteiger partial charge in [0.25, 0.3) is 0 Å². The van der Waals surface area contributed by atoms with Crippen molar-refractivity contribution in [1.82, 2.24) is 0 Å². The highest BCUT2D eigenvalue weighted by molar-refractivity contribution is 5.66. The van der Waals surface area contributed by atoms with Crippen LogP contribution in [-0.2, 0) is 4.79 Å². The number of carbonyl (C=O) groups excluding carboxylic acids is 1. The van der Waals surface area contributed by atoms with Crippen molar-refractivity contribution in [3.63, 3.8) is 0 Å². The minimum Gasteiger partial charge on any atom is -0.546 e. The van der Waals surface area contributed by atoms with Crippen molar-refractivity contribution in [2.24, 2.45) is 0 Å². The molecule has 1 rings (SSSR count). The minimum atomic E-state index is -1.21. The summed E-state index contributed by atoms with van der Waals surface area (Å²) in [6, 6.07) is 3.65. The van der Waals surface area contributed by atoms with Crippen LogP contribution < -0.4 is 9.84 Å². The average Bonchev–Trinajstić information content (AvgIpc) is 2.10. The first kappa shape index (κ1) is 10.6. The van der Waals surface area contributed by atoms with E-state index in [-0.39, 0.29) is 0 Å². The summed E-state index contributed by atoms with van der Waals surface area (Å²) in [5, 5.41) is 10.2. The SMILES string of the molecule is Cc1cc(OCC(=O)[O-])cc(C)c1C. The number of hydrogen-bond acceptors (Lipinski definition) is 3. The van der Waals surface area contributed by atoms with Gasteiger partial charge < -0.3 is 14.6 Å². The standard InChI is InChI=1S/C11H14O3/c1-7-4-10(14-6-11(12)13)5-8(2)9(7)3/h4-5H,6H2,1-3H3,(H,12,13)/p-1. The van der Waals surface area contributed by atoms with Crippen molar-refractivity contribution in [2.75, 3.05) is 6.61 Å². The third-order valence-corrected chi connectivity index (χ3v) is 2.26. The molecule has 0 aliphatic carbocycles. The number of carboxylic acids is 1. The summed E-state index contributed by atoms with van der Waals surface area (Å²) in [6.45, 7) is 5.55. The molecule has 0 amide bonds. The average molecular weight is 193 g/mol. The van der Waals surface area contributed by atoms with Gasteiger partial charge in [-0.2, -0.15) is 0 Å². The lowest BCUT2D eigenvalue weighted by Gasteiger charge is -2.10. The van der Waals surface area contributed by atoms with Gasteiger partial charge in [-0.05, 0) is 49.6 Å². The maximum absolute atomic E-state index is 10.2. The molecule has 0 aromatic heterocycles. The Morgan fingerprint density at radius 2 is 1.79 bits per heavy atom. The number of hydrogen-bond donors (Lipinski definition) is 0. The molecule has 1 aromatic rings. The Morgan fingerprint density at radius 3 is 2.21 bits per heavy atom. The smallest absolute Gasteiger partial charge is 0.128 e.